The van der Waals surface area contributed by atoms with E-state index in [1.165, 1.54) is 7.11 Å². The number of ether oxygens (including phenoxy) is 1. The van der Waals surface area contributed by atoms with Crippen molar-refractivity contribution >= 4 is 17.2 Å². The van der Waals surface area contributed by atoms with Crippen molar-refractivity contribution in [2.75, 3.05) is 18.2 Å². The van der Waals surface area contributed by atoms with E-state index in [2.05, 4.69) is 10.3 Å². The number of anilines is 3. The number of nitrogens with zero attached hydrogens (tertiary/aromatic N) is 1. The summed E-state index contributed by atoms with van der Waals surface area (Å²) < 4.78 is 42.8. The zero-order valence-electron chi connectivity index (χ0n) is 10.5. The number of methoxy groups -OCH3 is 1. The maximum atomic E-state index is 12.6. The van der Waals surface area contributed by atoms with Crippen molar-refractivity contribution in [3.63, 3.8) is 0 Å². The number of nitrogen functional groups attached to an aromatic ring is 1. The molecule has 0 saturated carbocycles. The van der Waals surface area contributed by atoms with Gasteiger partial charge in [-0.1, -0.05) is 0 Å². The third kappa shape index (κ3) is 3.11. The monoisotopic (exact) mass is 283 g/mol. The van der Waals surface area contributed by atoms with Crippen molar-refractivity contribution in [3.05, 3.63) is 42.1 Å². The van der Waals surface area contributed by atoms with Gasteiger partial charge < -0.3 is 15.8 Å². The summed E-state index contributed by atoms with van der Waals surface area (Å²) >= 11 is 0. The Kier molecular flexibility index (Phi) is 3.69. The molecule has 0 atom stereocenters. The quantitative estimate of drug-likeness (QED) is 0.906. The average Bonchev–Trinajstić information content (AvgIpc) is 2.41. The highest BCUT2D eigenvalue weighted by Gasteiger charge is 2.31. The molecule has 2 rings (SSSR count). The number of pyridine rings is 1. The van der Waals surface area contributed by atoms with Gasteiger partial charge in [-0.2, -0.15) is 13.2 Å². The summed E-state index contributed by atoms with van der Waals surface area (Å²) in [5.41, 5.74) is 5.40. The van der Waals surface area contributed by atoms with Crippen molar-refractivity contribution in [2.45, 2.75) is 6.18 Å². The molecule has 7 heteroatoms. The van der Waals surface area contributed by atoms with Crippen LogP contribution in [0.4, 0.5) is 30.4 Å². The number of aromatic nitrogens is 1. The van der Waals surface area contributed by atoms with Gasteiger partial charge in [0.05, 0.1) is 18.4 Å². The summed E-state index contributed by atoms with van der Waals surface area (Å²) in [6.07, 6.45) is -3.76. The Morgan fingerprint density at radius 2 is 1.85 bits per heavy atom. The molecular weight excluding hydrogens is 271 g/mol. The van der Waals surface area contributed by atoms with Crippen LogP contribution in [0.3, 0.4) is 0 Å². The van der Waals surface area contributed by atoms with E-state index in [1.54, 1.807) is 24.3 Å². The van der Waals surface area contributed by atoms with E-state index in [4.69, 9.17) is 10.5 Å². The van der Waals surface area contributed by atoms with Crippen LogP contribution in [-0.4, -0.2) is 12.1 Å². The largest absolute Gasteiger partial charge is 0.497 e. The van der Waals surface area contributed by atoms with Gasteiger partial charge in [-0.15, -0.1) is 0 Å². The molecular formula is C13H12F3N3O. The lowest BCUT2D eigenvalue weighted by Gasteiger charge is -2.12. The first kappa shape index (κ1) is 14.0. The van der Waals surface area contributed by atoms with Crippen LogP contribution >= 0.6 is 0 Å². The molecule has 1 aromatic carbocycles. The van der Waals surface area contributed by atoms with Crippen molar-refractivity contribution in [2.24, 2.45) is 0 Å². The Bertz CT molecular complexity index is 597. The van der Waals surface area contributed by atoms with Gasteiger partial charge in [0.15, 0.2) is 0 Å². The number of halogens is 3. The Balaban J connectivity index is 2.27. The van der Waals surface area contributed by atoms with Crippen molar-refractivity contribution in [3.8, 4) is 5.75 Å². The topological polar surface area (TPSA) is 60.2 Å². The molecule has 0 saturated heterocycles. The van der Waals surface area contributed by atoms with E-state index in [0.717, 1.165) is 6.07 Å². The molecule has 0 spiro atoms. The summed E-state index contributed by atoms with van der Waals surface area (Å²) in [7, 11) is 1.52. The zero-order chi connectivity index (χ0) is 14.8. The molecule has 20 heavy (non-hydrogen) atoms. The normalized spacial score (nSPS) is 11.2. The van der Waals surface area contributed by atoms with Crippen molar-refractivity contribution in [1.29, 1.82) is 0 Å². The Hall–Kier alpha value is -2.44. The van der Waals surface area contributed by atoms with Crippen LogP contribution in [0.5, 0.6) is 5.75 Å². The number of hydrogen-bond donors (Lipinski definition) is 2. The first-order chi connectivity index (χ1) is 9.40. The SMILES string of the molecule is COc1ccc(Nc2cc(C(F)(F)F)cnc2N)cc1. The van der Waals surface area contributed by atoms with E-state index in [0.29, 0.717) is 17.6 Å². The number of nitrogens with one attached hydrogen (secondary N) is 1. The predicted octanol–water partition coefficient (Wildman–Crippen LogP) is 3.43. The second kappa shape index (κ2) is 5.28. The molecule has 0 bridgehead atoms. The fourth-order valence-electron chi connectivity index (χ4n) is 1.56. The third-order valence-corrected chi connectivity index (χ3v) is 2.61. The molecule has 2 aromatic rings. The molecule has 1 heterocycles. The van der Waals surface area contributed by atoms with Gasteiger partial charge in [-0.25, -0.2) is 4.98 Å². The van der Waals surface area contributed by atoms with Gasteiger partial charge in [0.1, 0.15) is 11.6 Å². The molecule has 0 aliphatic rings. The minimum atomic E-state index is -4.46. The zero-order valence-corrected chi connectivity index (χ0v) is 10.5. The van der Waals surface area contributed by atoms with E-state index in [1.807, 2.05) is 0 Å². The standard InChI is InChI=1S/C13H12F3N3O/c1-20-10-4-2-9(3-5-10)19-11-6-8(13(14,15)16)7-18-12(11)17/h2-7,19H,1H3,(H2,17,18). The first-order valence-corrected chi connectivity index (χ1v) is 5.64. The minimum Gasteiger partial charge on any atom is -0.497 e. The molecule has 0 aliphatic heterocycles. The number of hydrogen-bond acceptors (Lipinski definition) is 4. The first-order valence-electron chi connectivity index (χ1n) is 5.64. The molecule has 4 nitrogen and oxygen atoms in total. The van der Waals surface area contributed by atoms with Gasteiger partial charge in [-0.3, -0.25) is 0 Å². The fraction of sp³-hybridized carbons (Fsp3) is 0.154. The summed E-state index contributed by atoms with van der Waals surface area (Å²) in [5.74, 6) is 0.638. The fourth-order valence-corrected chi connectivity index (χ4v) is 1.56. The van der Waals surface area contributed by atoms with E-state index >= 15 is 0 Å². The second-order valence-corrected chi connectivity index (χ2v) is 4.01. The molecule has 106 valence electrons. The molecule has 0 radical (unpaired) electrons. The lowest BCUT2D eigenvalue weighted by molar-refractivity contribution is -0.137. The van der Waals surface area contributed by atoms with Crippen LogP contribution in [0.1, 0.15) is 5.56 Å². The molecule has 1 aromatic heterocycles. The third-order valence-electron chi connectivity index (χ3n) is 2.61. The smallest absolute Gasteiger partial charge is 0.417 e. The Morgan fingerprint density at radius 1 is 1.20 bits per heavy atom. The minimum absolute atomic E-state index is 0.00572. The number of rotatable bonds is 3. The molecule has 0 fully saturated rings. The van der Waals surface area contributed by atoms with E-state index in [9.17, 15) is 13.2 Å². The second-order valence-electron chi connectivity index (χ2n) is 4.01. The lowest BCUT2D eigenvalue weighted by Crippen LogP contribution is -2.08. The predicted molar refractivity (Wildman–Crippen MR) is 69.9 cm³/mol. The van der Waals surface area contributed by atoms with Crippen LogP contribution in [0.25, 0.3) is 0 Å². The van der Waals surface area contributed by atoms with Crippen molar-refractivity contribution < 1.29 is 17.9 Å². The van der Waals surface area contributed by atoms with Gasteiger partial charge in [0, 0.05) is 11.9 Å². The summed E-state index contributed by atoms with van der Waals surface area (Å²) in [5, 5.41) is 2.79. The Labute approximate surface area is 113 Å². The maximum Gasteiger partial charge on any atom is 0.417 e. The summed E-state index contributed by atoms with van der Waals surface area (Å²) in [6.45, 7) is 0. The van der Waals surface area contributed by atoms with Gasteiger partial charge >= 0.3 is 6.18 Å². The van der Waals surface area contributed by atoms with Crippen LogP contribution < -0.4 is 15.8 Å². The molecule has 0 aliphatic carbocycles. The summed E-state index contributed by atoms with van der Waals surface area (Å²) in [6, 6.07) is 7.61. The lowest BCUT2D eigenvalue weighted by atomic mass is 10.2. The van der Waals surface area contributed by atoms with Crippen LogP contribution in [0.2, 0.25) is 0 Å². The van der Waals surface area contributed by atoms with Crippen LogP contribution in [-0.2, 0) is 6.18 Å². The average molecular weight is 283 g/mol. The highest BCUT2D eigenvalue weighted by atomic mass is 19.4. The highest BCUT2D eigenvalue weighted by Crippen LogP contribution is 2.33. The molecule has 3 N–H and O–H groups in total. The van der Waals surface area contributed by atoms with Gasteiger partial charge in [0.2, 0.25) is 0 Å². The molecule has 0 unspecified atom stereocenters. The van der Waals surface area contributed by atoms with E-state index < -0.39 is 11.7 Å². The maximum absolute atomic E-state index is 12.6. The highest BCUT2D eigenvalue weighted by molar-refractivity contribution is 5.70. The van der Waals surface area contributed by atoms with Gasteiger partial charge in [0.25, 0.3) is 0 Å². The van der Waals surface area contributed by atoms with E-state index in [-0.39, 0.29) is 11.5 Å². The number of alkyl halides is 3. The van der Waals surface area contributed by atoms with Gasteiger partial charge in [-0.05, 0) is 30.3 Å². The van der Waals surface area contributed by atoms with Crippen LogP contribution in [0, 0.1) is 0 Å². The number of nitrogens with two attached hydrogens (primary N) is 1. The van der Waals surface area contributed by atoms with Crippen LogP contribution in [0.15, 0.2) is 36.5 Å². The molecule has 0 amide bonds. The van der Waals surface area contributed by atoms with Crippen molar-refractivity contribution in [1.82, 2.24) is 4.98 Å². The Morgan fingerprint density at radius 3 is 2.40 bits per heavy atom. The number of benzene rings is 1. The summed E-state index contributed by atoms with van der Waals surface area (Å²) in [4.78, 5) is 3.55.